The Morgan fingerprint density at radius 2 is 1.79 bits per heavy atom. The fourth-order valence-corrected chi connectivity index (χ4v) is 2.04. The van der Waals surface area contributed by atoms with Crippen molar-refractivity contribution < 1.29 is 4.79 Å². The van der Waals surface area contributed by atoms with E-state index >= 15 is 0 Å². The SMILES string of the molecule is O=C1C=C(c2ccc(I)cc2)CCC1. The fourth-order valence-electron chi connectivity index (χ4n) is 1.68. The van der Waals surface area contributed by atoms with Crippen LogP contribution in [0.25, 0.3) is 5.57 Å². The van der Waals surface area contributed by atoms with Gasteiger partial charge in [-0.25, -0.2) is 0 Å². The lowest BCUT2D eigenvalue weighted by Gasteiger charge is -2.11. The van der Waals surface area contributed by atoms with Crippen molar-refractivity contribution >= 4 is 33.9 Å². The Kier molecular flexibility index (Phi) is 3.01. The number of rotatable bonds is 1. The molecule has 0 unspecified atom stereocenters. The van der Waals surface area contributed by atoms with Gasteiger partial charge in [-0.2, -0.15) is 0 Å². The van der Waals surface area contributed by atoms with Crippen LogP contribution in [0.3, 0.4) is 0 Å². The molecule has 72 valence electrons. The molecule has 1 aliphatic carbocycles. The average molecular weight is 298 g/mol. The molecule has 0 amide bonds. The zero-order valence-corrected chi connectivity index (χ0v) is 9.95. The third-order valence-corrected chi connectivity index (χ3v) is 3.14. The van der Waals surface area contributed by atoms with Crippen molar-refractivity contribution in [2.45, 2.75) is 19.3 Å². The minimum Gasteiger partial charge on any atom is -0.295 e. The van der Waals surface area contributed by atoms with E-state index in [9.17, 15) is 4.79 Å². The first kappa shape index (κ1) is 9.90. The first-order valence-corrected chi connectivity index (χ1v) is 5.83. The van der Waals surface area contributed by atoms with E-state index in [1.165, 1.54) is 14.7 Å². The van der Waals surface area contributed by atoms with Gasteiger partial charge in [-0.3, -0.25) is 4.79 Å². The summed E-state index contributed by atoms with van der Waals surface area (Å²) in [4.78, 5) is 11.2. The maximum absolute atomic E-state index is 11.2. The molecule has 0 atom stereocenters. The summed E-state index contributed by atoms with van der Waals surface area (Å²) in [6.07, 6.45) is 4.54. The Morgan fingerprint density at radius 3 is 2.43 bits per heavy atom. The number of carbonyl (C=O) groups is 1. The van der Waals surface area contributed by atoms with Crippen LogP contribution in [0.4, 0.5) is 0 Å². The smallest absolute Gasteiger partial charge is 0.155 e. The molecule has 0 saturated heterocycles. The summed E-state index contributed by atoms with van der Waals surface area (Å²) in [5.41, 5.74) is 2.39. The molecular formula is C12H11IO. The van der Waals surface area contributed by atoms with Gasteiger partial charge in [0.2, 0.25) is 0 Å². The molecule has 1 aromatic rings. The Bertz CT molecular complexity index is 376. The van der Waals surface area contributed by atoms with Gasteiger partial charge < -0.3 is 0 Å². The van der Waals surface area contributed by atoms with Crippen molar-refractivity contribution in [2.75, 3.05) is 0 Å². The van der Waals surface area contributed by atoms with E-state index in [4.69, 9.17) is 0 Å². The number of carbonyl (C=O) groups excluding carboxylic acids is 1. The summed E-state index contributed by atoms with van der Waals surface area (Å²) in [5.74, 6) is 0.268. The number of allylic oxidation sites excluding steroid dienone is 2. The van der Waals surface area contributed by atoms with Crippen molar-refractivity contribution in [1.29, 1.82) is 0 Å². The molecule has 0 saturated carbocycles. The molecule has 2 heteroatoms. The molecule has 1 nitrogen and oxygen atoms in total. The van der Waals surface area contributed by atoms with E-state index < -0.39 is 0 Å². The third-order valence-electron chi connectivity index (χ3n) is 2.42. The fraction of sp³-hybridized carbons (Fsp3) is 0.250. The minimum absolute atomic E-state index is 0.268. The molecule has 1 aliphatic rings. The highest BCUT2D eigenvalue weighted by atomic mass is 127. The molecule has 0 heterocycles. The van der Waals surface area contributed by atoms with E-state index in [-0.39, 0.29) is 5.78 Å². The lowest BCUT2D eigenvalue weighted by Crippen LogP contribution is -2.01. The Labute approximate surface area is 97.3 Å². The molecular weight excluding hydrogens is 287 g/mol. The largest absolute Gasteiger partial charge is 0.295 e. The summed E-state index contributed by atoms with van der Waals surface area (Å²) in [6.45, 7) is 0. The molecule has 0 N–H and O–H groups in total. The minimum atomic E-state index is 0.268. The van der Waals surface area contributed by atoms with Gasteiger partial charge in [0.05, 0.1) is 0 Å². The van der Waals surface area contributed by atoms with Crippen LogP contribution >= 0.6 is 22.6 Å². The maximum atomic E-state index is 11.2. The summed E-state index contributed by atoms with van der Waals surface area (Å²) >= 11 is 2.29. The molecule has 1 aromatic carbocycles. The number of hydrogen-bond acceptors (Lipinski definition) is 1. The van der Waals surface area contributed by atoms with Gasteiger partial charge in [-0.05, 0) is 64.8 Å². The van der Waals surface area contributed by atoms with Gasteiger partial charge in [-0.15, -0.1) is 0 Å². The standard InChI is InChI=1S/C12H11IO/c13-11-6-4-9(5-7-11)10-2-1-3-12(14)8-10/h4-8H,1-3H2. The zero-order chi connectivity index (χ0) is 9.97. The Hall–Kier alpha value is -0.640. The quantitative estimate of drug-likeness (QED) is 0.726. The number of hydrogen-bond donors (Lipinski definition) is 0. The van der Waals surface area contributed by atoms with Crippen LogP contribution in [0.1, 0.15) is 24.8 Å². The number of ketones is 1. The van der Waals surface area contributed by atoms with Crippen molar-refractivity contribution in [1.82, 2.24) is 0 Å². The van der Waals surface area contributed by atoms with E-state index in [0.29, 0.717) is 6.42 Å². The third kappa shape index (κ3) is 2.23. The number of benzene rings is 1. The Morgan fingerprint density at radius 1 is 1.07 bits per heavy atom. The van der Waals surface area contributed by atoms with Gasteiger partial charge in [0, 0.05) is 9.99 Å². The van der Waals surface area contributed by atoms with Crippen molar-refractivity contribution in [3.63, 3.8) is 0 Å². The molecule has 0 spiro atoms. The second kappa shape index (κ2) is 4.26. The van der Waals surface area contributed by atoms with Gasteiger partial charge in [0.1, 0.15) is 0 Å². The molecule has 0 fully saturated rings. The van der Waals surface area contributed by atoms with Crippen LogP contribution in [0.2, 0.25) is 0 Å². The summed E-state index contributed by atoms with van der Waals surface area (Å²) < 4.78 is 1.23. The topological polar surface area (TPSA) is 17.1 Å². The van der Waals surface area contributed by atoms with E-state index in [2.05, 4.69) is 46.9 Å². The van der Waals surface area contributed by atoms with Crippen LogP contribution in [0.15, 0.2) is 30.3 Å². The highest BCUT2D eigenvalue weighted by Gasteiger charge is 2.10. The molecule has 2 rings (SSSR count). The highest BCUT2D eigenvalue weighted by molar-refractivity contribution is 14.1. The van der Waals surface area contributed by atoms with E-state index in [1.54, 1.807) is 6.08 Å². The summed E-state index contributed by atoms with van der Waals surface area (Å²) in [6, 6.07) is 8.34. The molecule has 0 bridgehead atoms. The van der Waals surface area contributed by atoms with Crippen molar-refractivity contribution in [3.05, 3.63) is 39.5 Å². The first-order chi connectivity index (χ1) is 6.75. The maximum Gasteiger partial charge on any atom is 0.155 e. The predicted molar refractivity (Wildman–Crippen MR) is 66.0 cm³/mol. The monoisotopic (exact) mass is 298 g/mol. The van der Waals surface area contributed by atoms with Crippen LogP contribution in [0, 0.1) is 3.57 Å². The van der Waals surface area contributed by atoms with Crippen molar-refractivity contribution in [2.24, 2.45) is 0 Å². The molecule has 0 radical (unpaired) electrons. The predicted octanol–water partition coefficient (Wildman–Crippen LogP) is 3.43. The van der Waals surface area contributed by atoms with Gasteiger partial charge in [-0.1, -0.05) is 12.1 Å². The second-order valence-corrected chi connectivity index (χ2v) is 4.74. The van der Waals surface area contributed by atoms with Gasteiger partial charge in [0.15, 0.2) is 5.78 Å². The van der Waals surface area contributed by atoms with Gasteiger partial charge in [0.25, 0.3) is 0 Å². The van der Waals surface area contributed by atoms with Crippen LogP contribution in [0.5, 0.6) is 0 Å². The lowest BCUT2D eigenvalue weighted by atomic mass is 9.93. The van der Waals surface area contributed by atoms with Crippen LogP contribution in [-0.4, -0.2) is 5.78 Å². The Balaban J connectivity index is 2.30. The molecule has 0 aromatic heterocycles. The summed E-state index contributed by atoms with van der Waals surface area (Å²) in [5, 5.41) is 0. The highest BCUT2D eigenvalue weighted by Crippen LogP contribution is 2.25. The number of halogens is 1. The van der Waals surface area contributed by atoms with E-state index in [0.717, 1.165) is 12.8 Å². The normalized spacial score (nSPS) is 16.6. The lowest BCUT2D eigenvalue weighted by molar-refractivity contribution is -0.114. The first-order valence-electron chi connectivity index (χ1n) is 4.75. The second-order valence-electron chi connectivity index (χ2n) is 3.50. The average Bonchev–Trinajstić information content (AvgIpc) is 2.19. The van der Waals surface area contributed by atoms with Gasteiger partial charge >= 0.3 is 0 Å². The van der Waals surface area contributed by atoms with Crippen LogP contribution < -0.4 is 0 Å². The molecule has 0 aliphatic heterocycles. The zero-order valence-electron chi connectivity index (χ0n) is 7.79. The summed E-state index contributed by atoms with van der Waals surface area (Å²) in [7, 11) is 0. The van der Waals surface area contributed by atoms with E-state index in [1.807, 2.05) is 0 Å². The molecule has 14 heavy (non-hydrogen) atoms. The van der Waals surface area contributed by atoms with Crippen molar-refractivity contribution in [3.8, 4) is 0 Å². The van der Waals surface area contributed by atoms with Crippen LogP contribution in [-0.2, 0) is 4.79 Å².